The van der Waals surface area contributed by atoms with Gasteiger partial charge in [-0.1, -0.05) is 18.2 Å². The minimum absolute atomic E-state index is 0. The first-order valence-corrected chi connectivity index (χ1v) is 7.08. The van der Waals surface area contributed by atoms with Gasteiger partial charge >= 0.3 is 0 Å². The molecule has 0 unspecified atom stereocenters. The van der Waals surface area contributed by atoms with Crippen molar-refractivity contribution < 1.29 is 9.36 Å². The number of hydrogen-bond donors (Lipinski definition) is 0. The van der Waals surface area contributed by atoms with E-state index in [1.165, 1.54) is 22.3 Å². The molecule has 3 aromatic rings. The third-order valence-electron chi connectivity index (χ3n) is 3.25. The smallest absolute Gasteiger partial charge is 0.237 e. The van der Waals surface area contributed by atoms with Crippen LogP contribution in [0.3, 0.4) is 0 Å². The lowest BCUT2D eigenvalue weighted by Gasteiger charge is -2.02. The molecule has 2 aromatic heterocycles. The summed E-state index contributed by atoms with van der Waals surface area (Å²) in [6.45, 7) is 2.48. The lowest BCUT2D eigenvalue weighted by atomic mass is 10.1. The fraction of sp³-hybridized carbons (Fsp3) is 0.125. The Hall–Kier alpha value is -1.52. The molecular formula is C16H15BrNOS+. The average molecular weight is 349 g/mol. The Morgan fingerprint density at radius 2 is 1.95 bits per heavy atom. The molecule has 0 atom stereocenters. The van der Waals surface area contributed by atoms with Crippen LogP contribution in [0.5, 0.6) is 0 Å². The number of pyridine rings is 1. The molecule has 0 radical (unpaired) electrons. The molecule has 0 saturated heterocycles. The number of aromatic nitrogens is 1. The first-order chi connectivity index (χ1) is 9.25. The zero-order chi connectivity index (χ0) is 13.2. The second-order valence-corrected chi connectivity index (χ2v) is 5.49. The van der Waals surface area contributed by atoms with Gasteiger partial charge in [0, 0.05) is 17.5 Å². The molecule has 0 aliphatic rings. The lowest BCUT2D eigenvalue weighted by molar-refractivity contribution is -0.657. The summed E-state index contributed by atoms with van der Waals surface area (Å²) in [5.41, 5.74) is 2.34. The number of halogens is 1. The van der Waals surface area contributed by atoms with Gasteiger partial charge in [-0.2, -0.15) is 4.57 Å². The predicted octanol–water partition coefficient (Wildman–Crippen LogP) is 3.96. The van der Waals surface area contributed by atoms with E-state index in [0.717, 1.165) is 10.4 Å². The van der Waals surface area contributed by atoms with E-state index in [0.29, 0.717) is 6.54 Å². The maximum absolute atomic E-state index is 12.2. The number of carbonyl (C=O) groups is 1. The van der Waals surface area contributed by atoms with Gasteiger partial charge in [-0.25, -0.2) is 0 Å². The van der Waals surface area contributed by atoms with Crippen LogP contribution in [0.15, 0.2) is 54.0 Å². The second kappa shape index (κ2) is 6.29. The Morgan fingerprint density at radius 3 is 2.70 bits per heavy atom. The van der Waals surface area contributed by atoms with Crippen LogP contribution in [0, 0.1) is 6.92 Å². The van der Waals surface area contributed by atoms with Crippen LogP contribution in [-0.4, -0.2) is 5.78 Å². The number of Topliss-reactive ketones (excluding diaryl/α,β-unsaturated/α-hetero) is 1. The summed E-state index contributed by atoms with van der Waals surface area (Å²) in [5, 5.41) is 3.13. The highest BCUT2D eigenvalue weighted by atomic mass is 79.9. The third-order valence-corrected chi connectivity index (χ3v) is 4.16. The van der Waals surface area contributed by atoms with Gasteiger partial charge in [0.05, 0.1) is 4.88 Å². The summed E-state index contributed by atoms with van der Waals surface area (Å²) >= 11 is 1.50. The minimum Gasteiger partial charge on any atom is -0.286 e. The molecule has 20 heavy (non-hydrogen) atoms. The Bertz CT molecular complexity index is 737. The molecule has 0 saturated carbocycles. The first-order valence-electron chi connectivity index (χ1n) is 6.20. The molecule has 1 aromatic carbocycles. The molecule has 2 heterocycles. The Balaban J connectivity index is 0.00000147. The van der Waals surface area contributed by atoms with Crippen LogP contribution >= 0.6 is 28.3 Å². The molecule has 0 fully saturated rings. The van der Waals surface area contributed by atoms with Crippen molar-refractivity contribution in [3.8, 4) is 0 Å². The highest BCUT2D eigenvalue weighted by Crippen LogP contribution is 2.14. The van der Waals surface area contributed by atoms with Crippen molar-refractivity contribution in [2.45, 2.75) is 13.5 Å². The number of ketones is 1. The number of carbonyl (C=O) groups excluding carboxylic acids is 1. The molecule has 0 spiro atoms. The number of aryl methyl sites for hydroxylation is 1. The van der Waals surface area contributed by atoms with Crippen LogP contribution in [0.25, 0.3) is 10.9 Å². The minimum atomic E-state index is 0. The van der Waals surface area contributed by atoms with E-state index in [1.807, 2.05) is 40.4 Å². The van der Waals surface area contributed by atoms with Crippen molar-refractivity contribution in [3.63, 3.8) is 0 Å². The number of para-hydroxylation sites is 1. The van der Waals surface area contributed by atoms with Crippen molar-refractivity contribution in [2.24, 2.45) is 0 Å². The van der Waals surface area contributed by atoms with E-state index in [2.05, 4.69) is 25.1 Å². The van der Waals surface area contributed by atoms with Crippen molar-refractivity contribution in [1.29, 1.82) is 0 Å². The zero-order valence-electron chi connectivity index (χ0n) is 11.1. The number of fused-ring (bicyclic) bond motifs is 1. The number of thiophene rings is 1. The summed E-state index contributed by atoms with van der Waals surface area (Å²) in [5.74, 6) is 0.161. The first kappa shape index (κ1) is 14.9. The standard InChI is InChI=1S/C16H14NOS.BrH/c1-12-8-9-17(14-6-3-2-5-13(12)14)11-15(18)16-7-4-10-19-16;/h2-10H,11H2,1H3;1H/q+1;. The van der Waals surface area contributed by atoms with Crippen LogP contribution in [-0.2, 0) is 6.54 Å². The second-order valence-electron chi connectivity index (χ2n) is 4.54. The van der Waals surface area contributed by atoms with E-state index < -0.39 is 0 Å². The predicted molar refractivity (Wildman–Crippen MR) is 87.9 cm³/mol. The summed E-state index contributed by atoms with van der Waals surface area (Å²) in [7, 11) is 0. The fourth-order valence-corrected chi connectivity index (χ4v) is 2.89. The highest BCUT2D eigenvalue weighted by molar-refractivity contribution is 8.93. The average Bonchev–Trinajstić information content (AvgIpc) is 2.96. The van der Waals surface area contributed by atoms with Crippen molar-refractivity contribution in [2.75, 3.05) is 0 Å². The van der Waals surface area contributed by atoms with Gasteiger partial charge < -0.3 is 0 Å². The van der Waals surface area contributed by atoms with Crippen LogP contribution in [0.4, 0.5) is 0 Å². The molecular weight excluding hydrogens is 334 g/mol. The molecule has 4 heteroatoms. The monoisotopic (exact) mass is 348 g/mol. The van der Waals surface area contributed by atoms with Gasteiger partial charge in [0.25, 0.3) is 0 Å². The molecule has 3 rings (SSSR count). The molecule has 0 bridgehead atoms. The van der Waals surface area contributed by atoms with Gasteiger partial charge in [-0.05, 0) is 30.0 Å². The SMILES string of the molecule is Br.Cc1cc[n+](CC(=O)c2cccs2)c2ccccc12. The normalized spacial score (nSPS) is 10.2. The van der Waals surface area contributed by atoms with Gasteiger partial charge in [-0.3, -0.25) is 4.79 Å². The van der Waals surface area contributed by atoms with Crippen LogP contribution in [0.1, 0.15) is 15.2 Å². The maximum Gasteiger partial charge on any atom is 0.237 e. The van der Waals surface area contributed by atoms with E-state index in [1.54, 1.807) is 0 Å². The van der Waals surface area contributed by atoms with Gasteiger partial charge in [0.2, 0.25) is 17.8 Å². The number of hydrogen-bond acceptors (Lipinski definition) is 2. The molecule has 102 valence electrons. The molecule has 0 aliphatic heterocycles. The molecule has 0 N–H and O–H groups in total. The molecule has 0 aliphatic carbocycles. The third kappa shape index (κ3) is 2.81. The van der Waals surface area contributed by atoms with Gasteiger partial charge in [0.15, 0.2) is 6.20 Å². The van der Waals surface area contributed by atoms with Gasteiger partial charge in [-0.15, -0.1) is 28.3 Å². The Kier molecular flexibility index (Phi) is 4.68. The summed E-state index contributed by atoms with van der Waals surface area (Å²) in [6, 6.07) is 14.0. The van der Waals surface area contributed by atoms with E-state index in [9.17, 15) is 4.79 Å². The van der Waals surface area contributed by atoms with E-state index >= 15 is 0 Å². The zero-order valence-corrected chi connectivity index (χ0v) is 13.6. The Morgan fingerprint density at radius 1 is 1.15 bits per heavy atom. The van der Waals surface area contributed by atoms with Crippen molar-refractivity contribution >= 4 is 45.0 Å². The number of benzene rings is 1. The van der Waals surface area contributed by atoms with E-state index in [4.69, 9.17) is 0 Å². The number of nitrogens with zero attached hydrogens (tertiary/aromatic N) is 1. The summed E-state index contributed by atoms with van der Waals surface area (Å²) < 4.78 is 2.02. The fourth-order valence-electron chi connectivity index (χ4n) is 2.24. The van der Waals surface area contributed by atoms with E-state index in [-0.39, 0.29) is 22.8 Å². The maximum atomic E-state index is 12.2. The quantitative estimate of drug-likeness (QED) is 0.518. The van der Waals surface area contributed by atoms with Gasteiger partial charge in [0.1, 0.15) is 0 Å². The highest BCUT2D eigenvalue weighted by Gasteiger charge is 2.16. The molecule has 0 amide bonds. The van der Waals surface area contributed by atoms with Crippen molar-refractivity contribution in [1.82, 2.24) is 0 Å². The Labute approximate surface area is 132 Å². The topological polar surface area (TPSA) is 20.9 Å². The van der Waals surface area contributed by atoms with Crippen LogP contribution < -0.4 is 4.57 Å². The number of rotatable bonds is 3. The lowest BCUT2D eigenvalue weighted by Crippen LogP contribution is -2.38. The molecule has 2 nitrogen and oxygen atoms in total. The largest absolute Gasteiger partial charge is 0.286 e. The van der Waals surface area contributed by atoms with Crippen molar-refractivity contribution in [3.05, 3.63) is 64.5 Å². The summed E-state index contributed by atoms with van der Waals surface area (Å²) in [6.07, 6.45) is 1.99. The summed E-state index contributed by atoms with van der Waals surface area (Å²) in [4.78, 5) is 13.0. The van der Waals surface area contributed by atoms with Crippen LogP contribution in [0.2, 0.25) is 0 Å².